The second-order valence-electron chi connectivity index (χ2n) is 6.82. The standard InChI is InChI=1S/C20H20BrF3N4/c1-12-5-4-6-16-17(12)26-18(27-19(16)25-7-8-28(2)3)13-9-14(20(22,23)24)11-15(21)10-13/h4-6,9-11H,7-8H2,1-3H3,(H,25,26,27). The zero-order valence-corrected chi connectivity index (χ0v) is 17.3. The van der Waals surface area contributed by atoms with Crippen LogP contribution in [-0.2, 0) is 6.18 Å². The van der Waals surface area contributed by atoms with E-state index in [0.717, 1.165) is 29.6 Å². The molecule has 3 aromatic rings. The van der Waals surface area contributed by atoms with Gasteiger partial charge in [0.05, 0.1) is 11.1 Å². The fourth-order valence-corrected chi connectivity index (χ4v) is 3.33. The summed E-state index contributed by atoms with van der Waals surface area (Å²) in [5.74, 6) is 0.861. The van der Waals surface area contributed by atoms with Crippen LogP contribution >= 0.6 is 15.9 Å². The number of nitrogens with zero attached hydrogens (tertiary/aromatic N) is 3. The minimum absolute atomic E-state index is 0.251. The summed E-state index contributed by atoms with van der Waals surface area (Å²) in [5, 5.41) is 4.13. The summed E-state index contributed by atoms with van der Waals surface area (Å²) < 4.78 is 40.0. The average molecular weight is 453 g/mol. The van der Waals surface area contributed by atoms with Gasteiger partial charge in [-0.1, -0.05) is 28.1 Å². The molecule has 28 heavy (non-hydrogen) atoms. The Morgan fingerprint density at radius 2 is 1.86 bits per heavy atom. The molecule has 8 heteroatoms. The van der Waals surface area contributed by atoms with E-state index in [-0.39, 0.29) is 5.82 Å². The Bertz CT molecular complexity index is 1000. The third-order valence-corrected chi connectivity index (χ3v) is 4.72. The van der Waals surface area contributed by atoms with E-state index in [2.05, 4.69) is 31.2 Å². The van der Waals surface area contributed by atoms with E-state index in [1.807, 2.05) is 44.1 Å². The minimum atomic E-state index is -4.45. The van der Waals surface area contributed by atoms with Crippen LogP contribution < -0.4 is 5.32 Å². The first-order chi connectivity index (χ1) is 13.1. The van der Waals surface area contributed by atoms with Crippen molar-refractivity contribution in [3.63, 3.8) is 0 Å². The third-order valence-electron chi connectivity index (χ3n) is 4.26. The lowest BCUT2D eigenvalue weighted by atomic mass is 10.1. The lowest BCUT2D eigenvalue weighted by Gasteiger charge is -2.15. The van der Waals surface area contributed by atoms with Crippen LogP contribution in [0.1, 0.15) is 11.1 Å². The summed E-state index contributed by atoms with van der Waals surface area (Å²) in [5.41, 5.74) is 1.21. The van der Waals surface area contributed by atoms with E-state index in [9.17, 15) is 13.2 Å². The van der Waals surface area contributed by atoms with Crippen molar-refractivity contribution in [1.29, 1.82) is 0 Å². The largest absolute Gasteiger partial charge is 0.416 e. The number of hydrogen-bond acceptors (Lipinski definition) is 4. The second kappa shape index (κ2) is 8.05. The Labute approximate surface area is 169 Å². The zero-order chi connectivity index (χ0) is 20.5. The van der Waals surface area contributed by atoms with Gasteiger partial charge in [0.25, 0.3) is 0 Å². The molecule has 0 spiro atoms. The van der Waals surface area contributed by atoms with Crippen LogP contribution in [-0.4, -0.2) is 42.1 Å². The highest BCUT2D eigenvalue weighted by Gasteiger charge is 2.31. The number of alkyl halides is 3. The first kappa shape index (κ1) is 20.5. The molecule has 0 radical (unpaired) electrons. The Morgan fingerprint density at radius 3 is 2.54 bits per heavy atom. The average Bonchev–Trinajstić information content (AvgIpc) is 2.60. The van der Waals surface area contributed by atoms with E-state index < -0.39 is 11.7 Å². The van der Waals surface area contributed by atoms with E-state index in [0.29, 0.717) is 27.9 Å². The van der Waals surface area contributed by atoms with Gasteiger partial charge in [-0.15, -0.1) is 0 Å². The number of nitrogens with one attached hydrogen (secondary N) is 1. The van der Waals surface area contributed by atoms with Gasteiger partial charge < -0.3 is 10.2 Å². The molecule has 0 saturated carbocycles. The normalized spacial score (nSPS) is 12.0. The minimum Gasteiger partial charge on any atom is -0.368 e. The topological polar surface area (TPSA) is 41.0 Å². The predicted molar refractivity (Wildman–Crippen MR) is 109 cm³/mol. The molecule has 0 aliphatic heterocycles. The number of halogens is 4. The van der Waals surface area contributed by atoms with E-state index >= 15 is 0 Å². The lowest BCUT2D eigenvalue weighted by Crippen LogP contribution is -2.21. The number of fused-ring (bicyclic) bond motifs is 1. The van der Waals surface area contributed by atoms with Crippen molar-refractivity contribution in [3.05, 3.63) is 52.0 Å². The van der Waals surface area contributed by atoms with Crippen LogP contribution in [0.3, 0.4) is 0 Å². The Hall–Kier alpha value is -2.19. The van der Waals surface area contributed by atoms with Gasteiger partial charge in [-0.25, -0.2) is 9.97 Å². The number of rotatable bonds is 5. The summed E-state index contributed by atoms with van der Waals surface area (Å²) in [6.07, 6.45) is -4.45. The van der Waals surface area contributed by atoms with Crippen molar-refractivity contribution in [1.82, 2.24) is 14.9 Å². The molecule has 0 aliphatic rings. The van der Waals surface area contributed by atoms with Crippen LogP contribution in [0.2, 0.25) is 0 Å². The van der Waals surface area contributed by atoms with Gasteiger partial charge in [-0.3, -0.25) is 0 Å². The molecule has 2 aromatic carbocycles. The fourth-order valence-electron chi connectivity index (χ4n) is 2.84. The van der Waals surface area contributed by atoms with Gasteiger partial charge in [0.1, 0.15) is 5.82 Å². The van der Waals surface area contributed by atoms with Crippen LogP contribution in [0.25, 0.3) is 22.3 Å². The number of aromatic nitrogens is 2. The second-order valence-corrected chi connectivity index (χ2v) is 7.74. The molecule has 3 rings (SSSR count). The van der Waals surface area contributed by atoms with Crippen molar-refractivity contribution >= 4 is 32.7 Å². The number of benzene rings is 2. The van der Waals surface area contributed by atoms with Crippen molar-refractivity contribution in [2.45, 2.75) is 13.1 Å². The van der Waals surface area contributed by atoms with Gasteiger partial charge in [0.2, 0.25) is 0 Å². The molecule has 0 unspecified atom stereocenters. The molecule has 0 bridgehead atoms. The lowest BCUT2D eigenvalue weighted by molar-refractivity contribution is -0.137. The summed E-state index contributed by atoms with van der Waals surface area (Å²) in [4.78, 5) is 11.1. The molecule has 0 amide bonds. The van der Waals surface area contributed by atoms with Gasteiger partial charge in [-0.2, -0.15) is 13.2 Å². The molecule has 0 atom stereocenters. The molecule has 1 heterocycles. The highest BCUT2D eigenvalue weighted by Crippen LogP contribution is 2.35. The summed E-state index contributed by atoms with van der Waals surface area (Å²) in [6, 6.07) is 9.47. The van der Waals surface area contributed by atoms with E-state index in [4.69, 9.17) is 0 Å². The maximum atomic E-state index is 13.2. The van der Waals surface area contributed by atoms with Gasteiger partial charge in [-0.05, 0) is 50.8 Å². The first-order valence-corrected chi connectivity index (χ1v) is 9.48. The maximum absolute atomic E-state index is 13.2. The van der Waals surface area contributed by atoms with Crippen molar-refractivity contribution < 1.29 is 13.2 Å². The zero-order valence-electron chi connectivity index (χ0n) is 15.7. The highest BCUT2D eigenvalue weighted by molar-refractivity contribution is 9.10. The monoisotopic (exact) mass is 452 g/mol. The summed E-state index contributed by atoms with van der Waals surface area (Å²) in [7, 11) is 3.94. The summed E-state index contributed by atoms with van der Waals surface area (Å²) in [6.45, 7) is 3.37. The molecule has 0 saturated heterocycles. The smallest absolute Gasteiger partial charge is 0.368 e. The number of likely N-dealkylation sites (N-methyl/N-ethyl adjacent to an activating group) is 1. The molecule has 4 nitrogen and oxygen atoms in total. The molecule has 1 aromatic heterocycles. The quantitative estimate of drug-likeness (QED) is 0.565. The Kier molecular flexibility index (Phi) is 5.90. The van der Waals surface area contributed by atoms with Crippen molar-refractivity contribution in [3.8, 4) is 11.4 Å². The van der Waals surface area contributed by atoms with Gasteiger partial charge in [0, 0.05) is 28.5 Å². The molecule has 0 fully saturated rings. The molecule has 1 N–H and O–H groups in total. The Balaban J connectivity index is 2.14. The highest BCUT2D eigenvalue weighted by atomic mass is 79.9. The van der Waals surface area contributed by atoms with Crippen LogP contribution in [0, 0.1) is 6.92 Å². The molecule has 0 aliphatic carbocycles. The summed E-state index contributed by atoms with van der Waals surface area (Å²) >= 11 is 3.17. The number of anilines is 1. The predicted octanol–water partition coefficient (Wildman–Crippen LogP) is 5.36. The van der Waals surface area contributed by atoms with E-state index in [1.54, 1.807) is 6.07 Å². The first-order valence-electron chi connectivity index (χ1n) is 8.69. The Morgan fingerprint density at radius 1 is 1.11 bits per heavy atom. The number of aryl methyl sites for hydroxylation is 1. The molecular formula is C20H20BrF3N4. The van der Waals surface area contributed by atoms with Gasteiger partial charge in [0.15, 0.2) is 5.82 Å². The molecular weight excluding hydrogens is 433 g/mol. The SMILES string of the molecule is Cc1cccc2c(NCCN(C)C)nc(-c3cc(Br)cc(C(F)(F)F)c3)nc12. The number of para-hydroxylation sites is 1. The fraction of sp³-hybridized carbons (Fsp3) is 0.300. The van der Waals surface area contributed by atoms with Crippen molar-refractivity contribution in [2.75, 3.05) is 32.5 Å². The van der Waals surface area contributed by atoms with Gasteiger partial charge >= 0.3 is 6.18 Å². The van der Waals surface area contributed by atoms with Crippen LogP contribution in [0.4, 0.5) is 19.0 Å². The van der Waals surface area contributed by atoms with E-state index in [1.165, 1.54) is 0 Å². The maximum Gasteiger partial charge on any atom is 0.416 e. The third kappa shape index (κ3) is 4.62. The van der Waals surface area contributed by atoms with Crippen LogP contribution in [0.15, 0.2) is 40.9 Å². The molecule has 148 valence electrons. The van der Waals surface area contributed by atoms with Crippen LogP contribution in [0.5, 0.6) is 0 Å². The number of hydrogen-bond donors (Lipinski definition) is 1. The van der Waals surface area contributed by atoms with Crippen molar-refractivity contribution in [2.24, 2.45) is 0 Å².